The van der Waals surface area contributed by atoms with Gasteiger partial charge < -0.3 is 20.9 Å². The van der Waals surface area contributed by atoms with E-state index in [4.69, 9.17) is 5.73 Å². The maximum absolute atomic E-state index is 12.1. The van der Waals surface area contributed by atoms with Crippen LogP contribution in [0.1, 0.15) is 18.6 Å². The molecule has 0 saturated carbocycles. The number of hydrogen-bond acceptors (Lipinski definition) is 3. The van der Waals surface area contributed by atoms with Crippen LogP contribution in [0.2, 0.25) is 0 Å². The second-order valence-electron chi connectivity index (χ2n) is 4.50. The number of aliphatic imine (C=N–C) groups is 1. The largest absolute Gasteiger partial charge is 0.435 e. The van der Waals surface area contributed by atoms with E-state index in [0.29, 0.717) is 12.1 Å². The lowest BCUT2D eigenvalue weighted by atomic mass is 10.1. The first-order valence-electron chi connectivity index (χ1n) is 6.29. The van der Waals surface area contributed by atoms with Gasteiger partial charge in [0.15, 0.2) is 5.96 Å². The van der Waals surface area contributed by atoms with Gasteiger partial charge in [-0.1, -0.05) is 24.3 Å². The zero-order valence-corrected chi connectivity index (χ0v) is 11.7. The molecular formula is C14H19F2N3O2. The number of benzene rings is 1. The quantitative estimate of drug-likeness (QED) is 0.407. The zero-order valence-electron chi connectivity index (χ0n) is 11.7. The predicted molar refractivity (Wildman–Crippen MR) is 77.3 cm³/mol. The molecule has 0 amide bonds. The summed E-state index contributed by atoms with van der Waals surface area (Å²) in [6, 6.07) is 5.83. The van der Waals surface area contributed by atoms with Gasteiger partial charge in [-0.15, -0.1) is 0 Å². The van der Waals surface area contributed by atoms with Gasteiger partial charge in [-0.05, 0) is 24.6 Å². The number of guanidine groups is 1. The summed E-state index contributed by atoms with van der Waals surface area (Å²) in [5.41, 5.74) is 6.92. The van der Waals surface area contributed by atoms with Crippen molar-refractivity contribution in [2.24, 2.45) is 10.7 Å². The van der Waals surface area contributed by atoms with Gasteiger partial charge in [-0.3, -0.25) is 4.99 Å². The molecular weight excluding hydrogens is 280 g/mol. The average molecular weight is 299 g/mol. The molecule has 21 heavy (non-hydrogen) atoms. The number of nitrogens with one attached hydrogen (secondary N) is 1. The molecule has 0 bridgehead atoms. The topological polar surface area (TPSA) is 79.9 Å². The van der Waals surface area contributed by atoms with E-state index in [1.165, 1.54) is 18.2 Å². The number of nitrogens with zero attached hydrogens (tertiary/aromatic N) is 1. The van der Waals surface area contributed by atoms with Gasteiger partial charge in [0.1, 0.15) is 5.75 Å². The van der Waals surface area contributed by atoms with Gasteiger partial charge in [0.05, 0.1) is 12.6 Å². The summed E-state index contributed by atoms with van der Waals surface area (Å²) in [5.74, 6) is 0.163. The van der Waals surface area contributed by atoms with Crippen molar-refractivity contribution in [1.29, 1.82) is 0 Å². The van der Waals surface area contributed by atoms with Crippen molar-refractivity contribution in [3.63, 3.8) is 0 Å². The Morgan fingerprint density at radius 3 is 2.86 bits per heavy atom. The van der Waals surface area contributed by atoms with Crippen molar-refractivity contribution in [1.82, 2.24) is 5.32 Å². The Labute approximate surface area is 122 Å². The molecule has 0 aromatic heterocycles. The molecule has 1 rings (SSSR count). The molecule has 4 N–H and O–H groups in total. The van der Waals surface area contributed by atoms with E-state index in [1.54, 1.807) is 6.07 Å². The van der Waals surface area contributed by atoms with Crippen LogP contribution in [0.25, 0.3) is 0 Å². The molecule has 0 aliphatic heterocycles. The fourth-order valence-corrected chi connectivity index (χ4v) is 1.49. The van der Waals surface area contributed by atoms with Gasteiger partial charge in [-0.25, -0.2) is 0 Å². The third-order valence-corrected chi connectivity index (χ3v) is 2.47. The van der Waals surface area contributed by atoms with Crippen molar-refractivity contribution in [3.05, 3.63) is 42.0 Å². The van der Waals surface area contributed by atoms with Crippen molar-refractivity contribution < 1.29 is 18.6 Å². The number of hydrogen-bond donors (Lipinski definition) is 3. The SMILES string of the molecule is C=C(C)CNC(N)=NCC(O)c1cccc(OC(F)F)c1. The fourth-order valence-electron chi connectivity index (χ4n) is 1.49. The van der Waals surface area contributed by atoms with Crippen LogP contribution in [0.5, 0.6) is 5.75 Å². The van der Waals surface area contributed by atoms with E-state index in [1.807, 2.05) is 6.92 Å². The Morgan fingerprint density at radius 1 is 1.52 bits per heavy atom. The molecule has 0 radical (unpaired) electrons. The summed E-state index contributed by atoms with van der Waals surface area (Å²) >= 11 is 0. The normalized spacial score (nSPS) is 13.1. The molecule has 116 valence electrons. The van der Waals surface area contributed by atoms with E-state index in [9.17, 15) is 13.9 Å². The Bertz CT molecular complexity index is 507. The van der Waals surface area contributed by atoms with Crippen molar-refractivity contribution in [3.8, 4) is 5.75 Å². The van der Waals surface area contributed by atoms with Crippen LogP contribution in [0.4, 0.5) is 8.78 Å². The molecule has 1 aromatic carbocycles. The highest BCUT2D eigenvalue weighted by atomic mass is 19.3. The molecule has 5 nitrogen and oxygen atoms in total. The first-order valence-corrected chi connectivity index (χ1v) is 6.29. The van der Waals surface area contributed by atoms with Crippen LogP contribution in [0.15, 0.2) is 41.4 Å². The molecule has 1 aromatic rings. The average Bonchev–Trinajstić information content (AvgIpc) is 2.42. The van der Waals surface area contributed by atoms with E-state index in [2.05, 4.69) is 21.6 Å². The predicted octanol–water partition coefficient (Wildman–Crippen LogP) is 1.80. The van der Waals surface area contributed by atoms with Crippen LogP contribution in [-0.2, 0) is 0 Å². The molecule has 7 heteroatoms. The smallest absolute Gasteiger partial charge is 0.387 e. The number of ether oxygens (including phenoxy) is 1. The molecule has 0 fully saturated rings. The third-order valence-electron chi connectivity index (χ3n) is 2.47. The number of aliphatic hydroxyl groups excluding tert-OH is 1. The van der Waals surface area contributed by atoms with E-state index in [0.717, 1.165) is 5.57 Å². The maximum Gasteiger partial charge on any atom is 0.387 e. The Hall–Kier alpha value is -2.15. The molecule has 1 unspecified atom stereocenters. The minimum atomic E-state index is -2.91. The maximum atomic E-state index is 12.1. The van der Waals surface area contributed by atoms with E-state index < -0.39 is 12.7 Å². The number of aliphatic hydroxyl groups is 1. The number of rotatable bonds is 7. The summed E-state index contributed by atoms with van der Waals surface area (Å²) in [4.78, 5) is 3.97. The minimum absolute atomic E-state index is 0.00710. The molecule has 1 atom stereocenters. The van der Waals surface area contributed by atoms with Crippen molar-refractivity contribution in [2.45, 2.75) is 19.6 Å². The Kier molecular flexibility index (Phi) is 6.61. The van der Waals surface area contributed by atoms with Crippen LogP contribution in [0, 0.1) is 0 Å². The van der Waals surface area contributed by atoms with Gasteiger partial charge in [-0.2, -0.15) is 8.78 Å². The number of nitrogens with two attached hydrogens (primary N) is 1. The first-order chi connectivity index (χ1) is 9.88. The highest BCUT2D eigenvalue weighted by Crippen LogP contribution is 2.20. The molecule has 0 spiro atoms. The molecule has 0 aliphatic rings. The summed E-state index contributed by atoms with van der Waals surface area (Å²) in [5, 5.41) is 12.8. The lowest BCUT2D eigenvalue weighted by Crippen LogP contribution is -2.33. The standard InChI is InChI=1S/C14H19F2N3O2/c1-9(2)7-18-14(17)19-8-12(20)10-4-3-5-11(6-10)21-13(15)16/h3-6,12-13,20H,1,7-8H2,2H3,(H3,17,18,19). The van der Waals surface area contributed by atoms with E-state index in [-0.39, 0.29) is 18.3 Å². The second kappa shape index (κ2) is 8.21. The monoisotopic (exact) mass is 299 g/mol. The Morgan fingerprint density at radius 2 is 2.24 bits per heavy atom. The van der Waals surface area contributed by atoms with Crippen LogP contribution >= 0.6 is 0 Å². The van der Waals surface area contributed by atoms with Crippen LogP contribution in [-0.4, -0.2) is 30.8 Å². The molecule has 0 saturated heterocycles. The summed E-state index contributed by atoms with van der Waals surface area (Å²) in [6.45, 7) is 3.13. The third kappa shape index (κ3) is 6.71. The van der Waals surface area contributed by atoms with Gasteiger partial charge >= 0.3 is 6.61 Å². The summed E-state index contributed by atoms with van der Waals surface area (Å²) in [6.07, 6.45) is -0.962. The summed E-state index contributed by atoms with van der Waals surface area (Å²) < 4.78 is 28.5. The lowest BCUT2D eigenvalue weighted by Gasteiger charge is -2.11. The van der Waals surface area contributed by atoms with E-state index >= 15 is 0 Å². The van der Waals surface area contributed by atoms with Crippen molar-refractivity contribution >= 4 is 5.96 Å². The lowest BCUT2D eigenvalue weighted by molar-refractivity contribution is -0.0499. The zero-order chi connectivity index (χ0) is 15.8. The first kappa shape index (κ1) is 16.9. The van der Waals surface area contributed by atoms with Crippen LogP contribution in [0.3, 0.4) is 0 Å². The molecule has 0 aliphatic carbocycles. The fraction of sp³-hybridized carbons (Fsp3) is 0.357. The Balaban J connectivity index is 2.60. The number of halogens is 2. The molecule has 0 heterocycles. The van der Waals surface area contributed by atoms with Gasteiger partial charge in [0.25, 0.3) is 0 Å². The van der Waals surface area contributed by atoms with Gasteiger partial charge in [0.2, 0.25) is 0 Å². The number of alkyl halides is 2. The van der Waals surface area contributed by atoms with Crippen LogP contribution < -0.4 is 15.8 Å². The van der Waals surface area contributed by atoms with Gasteiger partial charge in [0, 0.05) is 6.54 Å². The highest BCUT2D eigenvalue weighted by molar-refractivity contribution is 5.78. The van der Waals surface area contributed by atoms with Crippen molar-refractivity contribution in [2.75, 3.05) is 13.1 Å². The minimum Gasteiger partial charge on any atom is -0.435 e. The second-order valence-corrected chi connectivity index (χ2v) is 4.50. The summed E-state index contributed by atoms with van der Waals surface area (Å²) in [7, 11) is 0. The highest BCUT2D eigenvalue weighted by Gasteiger charge is 2.10.